The molecular weight excluding hydrogens is 278 g/mol. The molecule has 0 aliphatic heterocycles. The smallest absolute Gasteiger partial charge is 0.263 e. The summed E-state index contributed by atoms with van der Waals surface area (Å²) in [5.41, 5.74) is 9.01. The van der Waals surface area contributed by atoms with Gasteiger partial charge in [0, 0.05) is 25.8 Å². The number of amides is 1. The van der Waals surface area contributed by atoms with Gasteiger partial charge >= 0.3 is 0 Å². The molecular formula is C17H21N3O2. The van der Waals surface area contributed by atoms with Crippen molar-refractivity contribution in [1.29, 1.82) is 0 Å². The van der Waals surface area contributed by atoms with E-state index in [0.717, 1.165) is 16.8 Å². The Hall–Kier alpha value is -2.40. The number of pyridine rings is 1. The molecule has 1 amide bonds. The minimum atomic E-state index is -0.346. The molecule has 5 heteroatoms. The number of carbonyl (C=O) groups excluding carboxylic acids is 1. The number of rotatable bonds is 4. The van der Waals surface area contributed by atoms with Crippen LogP contribution in [0.1, 0.15) is 32.7 Å². The van der Waals surface area contributed by atoms with Crippen LogP contribution in [0.25, 0.3) is 0 Å². The molecule has 0 spiro atoms. The molecule has 0 radical (unpaired) electrons. The zero-order valence-electron chi connectivity index (χ0n) is 13.1. The van der Waals surface area contributed by atoms with Gasteiger partial charge in [0.25, 0.3) is 11.5 Å². The average molecular weight is 299 g/mol. The maximum absolute atomic E-state index is 12.3. The van der Waals surface area contributed by atoms with Gasteiger partial charge in [0.05, 0.1) is 0 Å². The number of nitrogens with two attached hydrogens (primary N) is 1. The first kappa shape index (κ1) is 16.0. The monoisotopic (exact) mass is 299 g/mol. The first-order valence-electron chi connectivity index (χ1n) is 7.17. The van der Waals surface area contributed by atoms with Crippen molar-refractivity contribution in [3.8, 4) is 0 Å². The van der Waals surface area contributed by atoms with Gasteiger partial charge in [-0.15, -0.1) is 0 Å². The maximum Gasteiger partial charge on any atom is 0.263 e. The van der Waals surface area contributed by atoms with Gasteiger partial charge in [0.1, 0.15) is 5.56 Å². The van der Waals surface area contributed by atoms with Gasteiger partial charge in [-0.1, -0.05) is 24.3 Å². The summed E-state index contributed by atoms with van der Waals surface area (Å²) in [6, 6.07) is 9.53. The number of aryl methyl sites for hydroxylation is 2. The number of benzene rings is 1. The largest absolute Gasteiger partial charge is 0.348 e. The second kappa shape index (κ2) is 6.58. The SMILES string of the molecule is Cc1cc(C)n(C)c(=O)c1C(=O)NCc1ccc(CN)cc1. The lowest BCUT2D eigenvalue weighted by atomic mass is 10.1. The number of hydrogen-bond donors (Lipinski definition) is 2. The second-order valence-corrected chi connectivity index (χ2v) is 5.41. The van der Waals surface area contributed by atoms with Crippen molar-refractivity contribution in [1.82, 2.24) is 9.88 Å². The molecule has 116 valence electrons. The Morgan fingerprint density at radius 1 is 1.18 bits per heavy atom. The van der Waals surface area contributed by atoms with Crippen molar-refractivity contribution >= 4 is 5.91 Å². The Bertz CT molecular complexity index is 746. The van der Waals surface area contributed by atoms with E-state index >= 15 is 0 Å². The van der Waals surface area contributed by atoms with E-state index in [1.807, 2.05) is 37.3 Å². The molecule has 0 saturated heterocycles. The molecule has 2 rings (SSSR count). The van der Waals surface area contributed by atoms with Gasteiger partial charge in [-0.3, -0.25) is 9.59 Å². The van der Waals surface area contributed by atoms with E-state index in [1.165, 1.54) is 4.57 Å². The van der Waals surface area contributed by atoms with E-state index in [0.29, 0.717) is 18.7 Å². The minimum Gasteiger partial charge on any atom is -0.348 e. The fourth-order valence-electron chi connectivity index (χ4n) is 2.32. The Kier molecular flexibility index (Phi) is 4.78. The molecule has 0 fully saturated rings. The third-order valence-electron chi connectivity index (χ3n) is 3.81. The third-order valence-corrected chi connectivity index (χ3v) is 3.81. The van der Waals surface area contributed by atoms with Gasteiger partial charge in [0.2, 0.25) is 0 Å². The number of carbonyl (C=O) groups is 1. The molecule has 1 heterocycles. The number of nitrogens with one attached hydrogen (secondary N) is 1. The third kappa shape index (κ3) is 3.26. The Morgan fingerprint density at radius 2 is 1.77 bits per heavy atom. The van der Waals surface area contributed by atoms with Gasteiger partial charge in [-0.2, -0.15) is 0 Å². The molecule has 0 atom stereocenters. The van der Waals surface area contributed by atoms with Gasteiger partial charge in [-0.05, 0) is 36.6 Å². The highest BCUT2D eigenvalue weighted by atomic mass is 16.2. The van der Waals surface area contributed by atoms with Crippen LogP contribution in [0.3, 0.4) is 0 Å². The lowest BCUT2D eigenvalue weighted by molar-refractivity contribution is 0.0948. The maximum atomic E-state index is 12.3. The summed E-state index contributed by atoms with van der Waals surface area (Å²) in [5, 5.41) is 2.80. The van der Waals surface area contributed by atoms with E-state index in [2.05, 4.69) is 5.32 Å². The van der Waals surface area contributed by atoms with Crippen LogP contribution in [0, 0.1) is 13.8 Å². The second-order valence-electron chi connectivity index (χ2n) is 5.41. The predicted molar refractivity (Wildman–Crippen MR) is 86.7 cm³/mol. The summed E-state index contributed by atoms with van der Waals surface area (Å²) in [6.07, 6.45) is 0. The molecule has 3 N–H and O–H groups in total. The van der Waals surface area contributed by atoms with Crippen LogP contribution < -0.4 is 16.6 Å². The number of hydrogen-bond acceptors (Lipinski definition) is 3. The van der Waals surface area contributed by atoms with Crippen molar-refractivity contribution in [3.05, 3.63) is 68.6 Å². The highest BCUT2D eigenvalue weighted by molar-refractivity contribution is 5.95. The zero-order chi connectivity index (χ0) is 16.3. The van der Waals surface area contributed by atoms with E-state index in [4.69, 9.17) is 5.73 Å². The Labute approximate surface area is 129 Å². The minimum absolute atomic E-state index is 0.201. The zero-order valence-corrected chi connectivity index (χ0v) is 13.1. The summed E-state index contributed by atoms with van der Waals surface area (Å²) in [7, 11) is 1.67. The van der Waals surface area contributed by atoms with E-state index < -0.39 is 0 Å². The van der Waals surface area contributed by atoms with Crippen molar-refractivity contribution < 1.29 is 4.79 Å². The van der Waals surface area contributed by atoms with E-state index in [-0.39, 0.29) is 17.0 Å². The van der Waals surface area contributed by atoms with Crippen molar-refractivity contribution in [2.24, 2.45) is 12.8 Å². The summed E-state index contributed by atoms with van der Waals surface area (Å²) in [5.74, 6) is -0.346. The van der Waals surface area contributed by atoms with Crippen molar-refractivity contribution in [2.75, 3.05) is 0 Å². The van der Waals surface area contributed by atoms with Crippen LogP contribution in [-0.4, -0.2) is 10.5 Å². The molecule has 22 heavy (non-hydrogen) atoms. The quantitative estimate of drug-likeness (QED) is 0.895. The fraction of sp³-hybridized carbons (Fsp3) is 0.294. The Balaban J connectivity index is 2.16. The van der Waals surface area contributed by atoms with E-state index in [1.54, 1.807) is 14.0 Å². The first-order chi connectivity index (χ1) is 10.4. The molecule has 0 aliphatic rings. The van der Waals surface area contributed by atoms with Crippen LogP contribution in [0.5, 0.6) is 0 Å². The van der Waals surface area contributed by atoms with Crippen LogP contribution in [0.15, 0.2) is 35.1 Å². The van der Waals surface area contributed by atoms with Crippen LogP contribution >= 0.6 is 0 Å². The standard InChI is InChI=1S/C17H21N3O2/c1-11-8-12(2)20(3)17(22)15(11)16(21)19-10-14-6-4-13(9-18)5-7-14/h4-8H,9-10,18H2,1-3H3,(H,19,21). The fourth-order valence-corrected chi connectivity index (χ4v) is 2.32. The van der Waals surface area contributed by atoms with Crippen LogP contribution in [-0.2, 0) is 20.1 Å². The summed E-state index contributed by atoms with van der Waals surface area (Å²) >= 11 is 0. The molecule has 0 saturated carbocycles. The van der Waals surface area contributed by atoms with Crippen LogP contribution in [0.4, 0.5) is 0 Å². The molecule has 0 unspecified atom stereocenters. The van der Waals surface area contributed by atoms with Crippen molar-refractivity contribution in [2.45, 2.75) is 26.9 Å². The van der Waals surface area contributed by atoms with Gasteiger partial charge in [0.15, 0.2) is 0 Å². The van der Waals surface area contributed by atoms with E-state index in [9.17, 15) is 9.59 Å². The predicted octanol–water partition coefficient (Wildman–Crippen LogP) is 1.39. The summed E-state index contributed by atoms with van der Waals surface area (Å²) in [6.45, 7) is 4.49. The summed E-state index contributed by atoms with van der Waals surface area (Å²) < 4.78 is 1.48. The van der Waals surface area contributed by atoms with Crippen molar-refractivity contribution in [3.63, 3.8) is 0 Å². The summed E-state index contributed by atoms with van der Waals surface area (Å²) in [4.78, 5) is 24.5. The Morgan fingerprint density at radius 3 is 2.36 bits per heavy atom. The van der Waals surface area contributed by atoms with Gasteiger partial charge in [-0.25, -0.2) is 0 Å². The molecule has 1 aromatic carbocycles. The molecule has 2 aromatic rings. The first-order valence-corrected chi connectivity index (χ1v) is 7.17. The van der Waals surface area contributed by atoms with Crippen LogP contribution in [0.2, 0.25) is 0 Å². The lowest BCUT2D eigenvalue weighted by Gasteiger charge is -2.11. The lowest BCUT2D eigenvalue weighted by Crippen LogP contribution is -2.33. The highest BCUT2D eigenvalue weighted by Gasteiger charge is 2.15. The molecule has 1 aromatic heterocycles. The normalized spacial score (nSPS) is 10.5. The number of aromatic nitrogens is 1. The molecule has 0 aliphatic carbocycles. The highest BCUT2D eigenvalue weighted by Crippen LogP contribution is 2.07. The molecule has 0 bridgehead atoms. The average Bonchev–Trinajstić information content (AvgIpc) is 2.51. The molecule has 5 nitrogen and oxygen atoms in total. The number of nitrogens with zero attached hydrogens (tertiary/aromatic N) is 1. The topological polar surface area (TPSA) is 77.1 Å². The van der Waals surface area contributed by atoms with Gasteiger partial charge < -0.3 is 15.6 Å².